The third-order valence-electron chi connectivity index (χ3n) is 4.50. The van der Waals surface area contributed by atoms with Crippen LogP contribution in [0.1, 0.15) is 43.1 Å². The number of rotatable bonds is 4. The minimum Gasteiger partial charge on any atom is -0.486 e. The molecule has 25 heavy (non-hydrogen) atoms. The van der Waals surface area contributed by atoms with Crippen LogP contribution < -0.4 is 9.47 Å². The topological polar surface area (TPSA) is 72.5 Å². The lowest BCUT2D eigenvalue weighted by Crippen LogP contribution is -2.38. The van der Waals surface area contributed by atoms with Crippen LogP contribution in [0.3, 0.4) is 0 Å². The zero-order valence-corrected chi connectivity index (χ0v) is 14.7. The Labute approximate surface area is 147 Å². The Morgan fingerprint density at radius 1 is 1.20 bits per heavy atom. The van der Waals surface area contributed by atoms with Gasteiger partial charge < -0.3 is 14.2 Å². The molecule has 2 aliphatic heterocycles. The molecule has 1 saturated heterocycles. The van der Waals surface area contributed by atoms with Gasteiger partial charge in [-0.1, -0.05) is 19.9 Å². The molecule has 7 nitrogen and oxygen atoms in total. The number of aromatic nitrogens is 3. The van der Waals surface area contributed by atoms with E-state index in [-0.39, 0.29) is 6.10 Å². The standard InChI is InChI=1S/C18H24N4O3/c1-12(2)17-19-18(21-20-17)16-11-22(5-6-23-16)10-13-3-4-14-15(9-13)25-8-7-24-14/h3-4,9,12,16H,5-8,10-11H2,1-2H3,(H,19,20,21)/t16-/m0/s1. The maximum atomic E-state index is 5.90. The van der Waals surface area contributed by atoms with Crippen molar-refractivity contribution in [3.63, 3.8) is 0 Å². The average Bonchev–Trinajstić information content (AvgIpc) is 3.12. The van der Waals surface area contributed by atoms with Gasteiger partial charge in [0.15, 0.2) is 23.1 Å². The Kier molecular flexibility index (Phi) is 4.59. The Morgan fingerprint density at radius 3 is 2.84 bits per heavy atom. The van der Waals surface area contributed by atoms with Crippen molar-refractivity contribution in [2.75, 3.05) is 32.9 Å². The first-order chi connectivity index (χ1) is 12.2. The molecule has 2 aromatic rings. The molecule has 1 atom stereocenters. The number of benzene rings is 1. The molecule has 1 fully saturated rings. The zero-order chi connectivity index (χ0) is 17.2. The van der Waals surface area contributed by atoms with Crippen molar-refractivity contribution in [3.8, 4) is 11.5 Å². The number of H-pyrrole nitrogens is 1. The number of aromatic amines is 1. The van der Waals surface area contributed by atoms with Gasteiger partial charge in [-0.05, 0) is 17.7 Å². The van der Waals surface area contributed by atoms with Gasteiger partial charge in [0.1, 0.15) is 19.3 Å². The number of ether oxygens (including phenoxy) is 3. The summed E-state index contributed by atoms with van der Waals surface area (Å²) in [6, 6.07) is 6.17. The lowest BCUT2D eigenvalue weighted by atomic mass is 10.1. The van der Waals surface area contributed by atoms with Crippen LogP contribution in [-0.2, 0) is 11.3 Å². The van der Waals surface area contributed by atoms with Crippen LogP contribution >= 0.6 is 0 Å². The molecule has 0 spiro atoms. The summed E-state index contributed by atoms with van der Waals surface area (Å²) >= 11 is 0. The lowest BCUT2D eigenvalue weighted by Gasteiger charge is -2.32. The van der Waals surface area contributed by atoms with Crippen molar-refractivity contribution in [1.82, 2.24) is 20.1 Å². The highest BCUT2D eigenvalue weighted by Crippen LogP contribution is 2.31. The van der Waals surface area contributed by atoms with Crippen molar-refractivity contribution < 1.29 is 14.2 Å². The maximum Gasteiger partial charge on any atom is 0.161 e. The lowest BCUT2D eigenvalue weighted by molar-refractivity contribution is -0.0371. The summed E-state index contributed by atoms with van der Waals surface area (Å²) in [4.78, 5) is 6.95. The first-order valence-electron chi connectivity index (χ1n) is 8.83. The first-order valence-corrected chi connectivity index (χ1v) is 8.83. The largest absolute Gasteiger partial charge is 0.486 e. The van der Waals surface area contributed by atoms with Crippen molar-refractivity contribution in [1.29, 1.82) is 0 Å². The summed E-state index contributed by atoms with van der Waals surface area (Å²) in [5.74, 6) is 3.63. The Balaban J connectivity index is 1.42. The van der Waals surface area contributed by atoms with E-state index in [9.17, 15) is 0 Å². The van der Waals surface area contributed by atoms with Crippen LogP contribution in [0.15, 0.2) is 18.2 Å². The molecule has 134 valence electrons. The third kappa shape index (κ3) is 3.62. The maximum absolute atomic E-state index is 5.90. The zero-order valence-electron chi connectivity index (χ0n) is 14.7. The van der Waals surface area contributed by atoms with Crippen LogP contribution in [-0.4, -0.2) is 53.0 Å². The smallest absolute Gasteiger partial charge is 0.161 e. The van der Waals surface area contributed by atoms with Gasteiger partial charge >= 0.3 is 0 Å². The predicted octanol–water partition coefficient (Wildman–Crippen LogP) is 2.27. The molecule has 4 rings (SSSR count). The highest BCUT2D eigenvalue weighted by atomic mass is 16.6. The second-order valence-electron chi connectivity index (χ2n) is 6.81. The number of morpholine rings is 1. The summed E-state index contributed by atoms with van der Waals surface area (Å²) in [5.41, 5.74) is 1.21. The van der Waals surface area contributed by atoms with E-state index in [2.05, 4.69) is 46.1 Å². The van der Waals surface area contributed by atoms with Crippen molar-refractivity contribution >= 4 is 0 Å². The number of hydrogen-bond donors (Lipinski definition) is 1. The summed E-state index contributed by atoms with van der Waals surface area (Å²) in [5, 5.41) is 7.32. The van der Waals surface area contributed by atoms with Gasteiger partial charge in [-0.15, -0.1) is 0 Å². The van der Waals surface area contributed by atoms with Crippen molar-refractivity contribution in [3.05, 3.63) is 35.4 Å². The van der Waals surface area contributed by atoms with Crippen LogP contribution in [0, 0.1) is 0 Å². The predicted molar refractivity (Wildman–Crippen MR) is 91.9 cm³/mol. The van der Waals surface area contributed by atoms with E-state index in [1.54, 1.807) is 0 Å². The van der Waals surface area contributed by atoms with Gasteiger partial charge in [0.05, 0.1) is 6.61 Å². The SMILES string of the molecule is CC(C)c1n[nH]c([C@@H]2CN(Cc3ccc4c(c3)OCCO4)CCO2)n1. The molecule has 1 aromatic carbocycles. The van der Waals surface area contributed by atoms with E-state index < -0.39 is 0 Å². The highest BCUT2D eigenvalue weighted by molar-refractivity contribution is 5.43. The Bertz CT molecular complexity index is 731. The normalized spacial score (nSPS) is 20.8. The summed E-state index contributed by atoms with van der Waals surface area (Å²) in [6.45, 7) is 8.63. The van der Waals surface area contributed by atoms with Gasteiger partial charge in [-0.2, -0.15) is 5.10 Å². The van der Waals surface area contributed by atoms with E-state index in [1.165, 1.54) is 5.56 Å². The third-order valence-corrected chi connectivity index (χ3v) is 4.50. The second kappa shape index (κ2) is 7.01. The number of nitrogens with one attached hydrogen (secondary N) is 1. The molecule has 1 aromatic heterocycles. The minimum atomic E-state index is -0.0639. The van der Waals surface area contributed by atoms with Crippen LogP contribution in [0.4, 0.5) is 0 Å². The van der Waals surface area contributed by atoms with Crippen LogP contribution in [0.5, 0.6) is 11.5 Å². The summed E-state index contributed by atoms with van der Waals surface area (Å²) in [6.07, 6.45) is -0.0639. The van der Waals surface area contributed by atoms with Crippen molar-refractivity contribution in [2.24, 2.45) is 0 Å². The highest BCUT2D eigenvalue weighted by Gasteiger charge is 2.25. The molecule has 3 heterocycles. The summed E-state index contributed by atoms with van der Waals surface area (Å²) in [7, 11) is 0. The van der Waals surface area contributed by atoms with E-state index in [0.29, 0.717) is 25.7 Å². The molecule has 7 heteroatoms. The molecular formula is C18H24N4O3. The molecule has 2 aliphatic rings. The van der Waals surface area contributed by atoms with E-state index >= 15 is 0 Å². The van der Waals surface area contributed by atoms with Gasteiger partial charge in [0, 0.05) is 25.6 Å². The number of fused-ring (bicyclic) bond motifs is 1. The fraction of sp³-hybridized carbons (Fsp3) is 0.556. The monoisotopic (exact) mass is 344 g/mol. The van der Waals surface area contributed by atoms with Gasteiger partial charge in [0.25, 0.3) is 0 Å². The fourth-order valence-electron chi connectivity index (χ4n) is 3.15. The van der Waals surface area contributed by atoms with E-state index in [4.69, 9.17) is 14.2 Å². The molecule has 0 bridgehead atoms. The second-order valence-corrected chi connectivity index (χ2v) is 6.81. The average molecular weight is 344 g/mol. The number of nitrogens with zero attached hydrogens (tertiary/aromatic N) is 3. The van der Waals surface area contributed by atoms with Gasteiger partial charge in [-0.3, -0.25) is 10.00 Å². The fourth-order valence-corrected chi connectivity index (χ4v) is 3.15. The van der Waals surface area contributed by atoms with E-state index in [0.717, 1.165) is 42.8 Å². The van der Waals surface area contributed by atoms with E-state index in [1.807, 2.05) is 6.07 Å². The van der Waals surface area contributed by atoms with Crippen LogP contribution in [0.25, 0.3) is 0 Å². The molecule has 1 N–H and O–H groups in total. The van der Waals surface area contributed by atoms with Gasteiger partial charge in [-0.25, -0.2) is 4.98 Å². The van der Waals surface area contributed by atoms with Gasteiger partial charge in [0.2, 0.25) is 0 Å². The molecule has 0 unspecified atom stereocenters. The minimum absolute atomic E-state index is 0.0639. The molecule has 0 saturated carbocycles. The quantitative estimate of drug-likeness (QED) is 0.917. The Hall–Kier alpha value is -2.12. The molecule has 0 radical (unpaired) electrons. The Morgan fingerprint density at radius 2 is 2.04 bits per heavy atom. The first kappa shape index (κ1) is 16.4. The summed E-state index contributed by atoms with van der Waals surface area (Å²) < 4.78 is 17.2. The van der Waals surface area contributed by atoms with Crippen molar-refractivity contribution in [2.45, 2.75) is 32.4 Å². The molecular weight excluding hydrogens is 320 g/mol. The molecule has 0 amide bonds. The van der Waals surface area contributed by atoms with Crippen LogP contribution in [0.2, 0.25) is 0 Å². The molecule has 0 aliphatic carbocycles. The number of hydrogen-bond acceptors (Lipinski definition) is 6.